The molecule has 1 aromatic rings. The summed E-state index contributed by atoms with van der Waals surface area (Å²) in [6.45, 7) is 9.51. The molecule has 2 aliphatic heterocycles. The van der Waals surface area contributed by atoms with Gasteiger partial charge in [-0.15, -0.1) is 0 Å². The molecule has 0 bridgehead atoms. The molecule has 27 heavy (non-hydrogen) atoms. The van der Waals surface area contributed by atoms with Crippen molar-refractivity contribution in [1.82, 2.24) is 15.1 Å². The van der Waals surface area contributed by atoms with Gasteiger partial charge in [0.1, 0.15) is 0 Å². The lowest BCUT2D eigenvalue weighted by Gasteiger charge is -2.20. The Kier molecular flexibility index (Phi) is 5.53. The van der Waals surface area contributed by atoms with Crippen LogP contribution < -0.4 is 5.32 Å². The Balaban J connectivity index is 1.35. The Bertz CT molecular complexity index is 688. The third-order valence-corrected chi connectivity index (χ3v) is 6.38. The maximum atomic E-state index is 12.3. The lowest BCUT2D eigenvalue weighted by atomic mass is 9.90. The molecule has 2 atom stereocenters. The van der Waals surface area contributed by atoms with Crippen LogP contribution in [0.1, 0.15) is 44.2 Å². The van der Waals surface area contributed by atoms with Crippen molar-refractivity contribution in [2.45, 2.75) is 45.6 Å². The topological polar surface area (TPSA) is 35.6 Å². The summed E-state index contributed by atoms with van der Waals surface area (Å²) in [7, 11) is 0. The van der Waals surface area contributed by atoms with Crippen molar-refractivity contribution in [3.8, 4) is 0 Å². The number of fused-ring (bicyclic) bond motifs is 1. The first-order chi connectivity index (χ1) is 13.1. The quantitative estimate of drug-likeness (QED) is 0.860. The smallest absolute Gasteiger partial charge is 0.317 e. The highest BCUT2D eigenvalue weighted by atomic mass is 16.2. The van der Waals surface area contributed by atoms with E-state index in [-0.39, 0.29) is 12.1 Å². The van der Waals surface area contributed by atoms with Crippen LogP contribution in [0.15, 0.2) is 30.3 Å². The number of nitrogens with one attached hydrogen (secondary N) is 1. The maximum absolute atomic E-state index is 12.3. The average Bonchev–Trinajstić information content (AvgIpc) is 3.37. The minimum atomic E-state index is 0.0935. The number of hydrogen-bond acceptors (Lipinski definition) is 2. The van der Waals surface area contributed by atoms with Crippen LogP contribution in [0.4, 0.5) is 4.79 Å². The molecule has 0 unspecified atom stereocenters. The second-order valence-corrected chi connectivity index (χ2v) is 8.77. The SMILES string of the molecule is CC(C)NC(=O)N1C[C@H]2CC=C(c3ccc(CCN4CCCC4)cc3)[C@H]2C1. The molecule has 2 amide bonds. The van der Waals surface area contributed by atoms with Crippen LogP contribution in [0.25, 0.3) is 5.57 Å². The number of nitrogens with zero attached hydrogens (tertiary/aromatic N) is 2. The number of rotatable bonds is 5. The van der Waals surface area contributed by atoms with Crippen LogP contribution >= 0.6 is 0 Å². The van der Waals surface area contributed by atoms with Crippen LogP contribution in [0.3, 0.4) is 0 Å². The maximum Gasteiger partial charge on any atom is 0.317 e. The minimum absolute atomic E-state index is 0.0935. The Labute approximate surface area is 163 Å². The van der Waals surface area contributed by atoms with E-state index in [2.05, 4.69) is 40.6 Å². The van der Waals surface area contributed by atoms with Crippen molar-refractivity contribution in [3.63, 3.8) is 0 Å². The Morgan fingerprint density at radius 3 is 2.59 bits per heavy atom. The fraction of sp³-hybridized carbons (Fsp3) is 0.609. The summed E-state index contributed by atoms with van der Waals surface area (Å²) < 4.78 is 0. The standard InChI is InChI=1S/C23H33N3O/c1-17(2)24-23(27)26-15-20-9-10-21(22(20)16-26)19-7-5-18(6-8-19)11-14-25-12-3-4-13-25/h5-8,10,17,20,22H,3-4,9,11-16H2,1-2H3,(H,24,27)/t20-,22+/m1/s1. The lowest BCUT2D eigenvalue weighted by Crippen LogP contribution is -2.42. The summed E-state index contributed by atoms with van der Waals surface area (Å²) in [6, 6.07) is 9.49. The van der Waals surface area contributed by atoms with Gasteiger partial charge >= 0.3 is 6.03 Å². The molecule has 2 fully saturated rings. The van der Waals surface area contributed by atoms with Gasteiger partial charge < -0.3 is 15.1 Å². The van der Waals surface area contributed by atoms with E-state index in [1.807, 2.05) is 18.7 Å². The first-order valence-electron chi connectivity index (χ1n) is 10.7. The normalized spacial score (nSPS) is 25.1. The first-order valence-corrected chi connectivity index (χ1v) is 10.7. The number of likely N-dealkylation sites (tertiary alicyclic amines) is 2. The Morgan fingerprint density at radius 1 is 1.15 bits per heavy atom. The number of hydrogen-bond donors (Lipinski definition) is 1. The zero-order valence-electron chi connectivity index (χ0n) is 16.8. The van der Waals surface area contributed by atoms with Crippen molar-refractivity contribution in [2.24, 2.45) is 11.8 Å². The van der Waals surface area contributed by atoms with E-state index in [0.717, 1.165) is 25.9 Å². The molecular weight excluding hydrogens is 334 g/mol. The third-order valence-electron chi connectivity index (χ3n) is 6.38. The van der Waals surface area contributed by atoms with Crippen LogP contribution in [-0.4, -0.2) is 54.6 Å². The van der Waals surface area contributed by atoms with E-state index in [1.54, 1.807) is 0 Å². The number of urea groups is 1. The average molecular weight is 368 g/mol. The number of benzene rings is 1. The number of allylic oxidation sites excluding steroid dienone is 1. The summed E-state index contributed by atoms with van der Waals surface area (Å²) in [5, 5.41) is 3.04. The van der Waals surface area contributed by atoms with Crippen LogP contribution in [0.5, 0.6) is 0 Å². The van der Waals surface area contributed by atoms with Gasteiger partial charge in [-0.3, -0.25) is 0 Å². The molecule has 0 saturated carbocycles. The molecule has 0 radical (unpaired) electrons. The minimum Gasteiger partial charge on any atom is -0.336 e. The highest BCUT2D eigenvalue weighted by Crippen LogP contribution is 2.43. The van der Waals surface area contributed by atoms with Crippen molar-refractivity contribution in [1.29, 1.82) is 0 Å². The number of carbonyl (C=O) groups is 1. The van der Waals surface area contributed by atoms with Crippen molar-refractivity contribution in [2.75, 3.05) is 32.7 Å². The third kappa shape index (κ3) is 4.21. The van der Waals surface area contributed by atoms with E-state index in [1.165, 1.54) is 49.2 Å². The molecule has 4 nitrogen and oxygen atoms in total. The molecule has 4 heteroatoms. The molecule has 146 valence electrons. The van der Waals surface area contributed by atoms with Crippen LogP contribution in [0, 0.1) is 11.8 Å². The van der Waals surface area contributed by atoms with Gasteiger partial charge in [0, 0.05) is 31.6 Å². The summed E-state index contributed by atoms with van der Waals surface area (Å²) >= 11 is 0. The fourth-order valence-electron chi connectivity index (χ4n) is 4.89. The predicted octanol–water partition coefficient (Wildman–Crippen LogP) is 3.78. The molecule has 3 aliphatic rings. The zero-order chi connectivity index (χ0) is 18.8. The summed E-state index contributed by atoms with van der Waals surface area (Å²) in [4.78, 5) is 16.9. The molecule has 2 heterocycles. The van der Waals surface area contributed by atoms with Crippen LogP contribution in [-0.2, 0) is 6.42 Å². The summed E-state index contributed by atoms with van der Waals surface area (Å²) in [6.07, 6.45) is 7.38. The zero-order valence-corrected chi connectivity index (χ0v) is 16.8. The van der Waals surface area contributed by atoms with Gasteiger partial charge in [0.15, 0.2) is 0 Å². The predicted molar refractivity (Wildman–Crippen MR) is 111 cm³/mol. The van der Waals surface area contributed by atoms with E-state index < -0.39 is 0 Å². The van der Waals surface area contributed by atoms with E-state index in [9.17, 15) is 4.79 Å². The Morgan fingerprint density at radius 2 is 1.89 bits per heavy atom. The van der Waals surface area contributed by atoms with E-state index >= 15 is 0 Å². The highest BCUT2D eigenvalue weighted by Gasteiger charge is 2.40. The van der Waals surface area contributed by atoms with Crippen molar-refractivity contribution < 1.29 is 4.79 Å². The number of amides is 2. The summed E-state index contributed by atoms with van der Waals surface area (Å²) in [5.74, 6) is 1.09. The van der Waals surface area contributed by atoms with Crippen molar-refractivity contribution in [3.05, 3.63) is 41.5 Å². The second-order valence-electron chi connectivity index (χ2n) is 8.77. The number of carbonyl (C=O) groups excluding carboxylic acids is 1. The fourth-order valence-corrected chi connectivity index (χ4v) is 4.89. The molecule has 1 aliphatic carbocycles. The van der Waals surface area contributed by atoms with E-state index in [0.29, 0.717) is 11.8 Å². The highest BCUT2D eigenvalue weighted by molar-refractivity contribution is 5.77. The monoisotopic (exact) mass is 367 g/mol. The largest absolute Gasteiger partial charge is 0.336 e. The van der Waals surface area contributed by atoms with Gasteiger partial charge in [-0.2, -0.15) is 0 Å². The molecule has 4 rings (SSSR count). The Hall–Kier alpha value is -1.81. The lowest BCUT2D eigenvalue weighted by molar-refractivity contribution is 0.204. The van der Waals surface area contributed by atoms with Gasteiger partial charge in [-0.1, -0.05) is 30.3 Å². The molecule has 1 N–H and O–H groups in total. The van der Waals surface area contributed by atoms with Crippen molar-refractivity contribution >= 4 is 11.6 Å². The van der Waals surface area contributed by atoms with Gasteiger partial charge in [0.05, 0.1) is 0 Å². The van der Waals surface area contributed by atoms with Gasteiger partial charge in [-0.05, 0) is 75.2 Å². The second kappa shape index (κ2) is 8.05. The molecular formula is C23H33N3O. The first kappa shape index (κ1) is 18.5. The summed E-state index contributed by atoms with van der Waals surface area (Å²) in [5.41, 5.74) is 4.23. The molecule has 0 spiro atoms. The molecule has 2 saturated heterocycles. The van der Waals surface area contributed by atoms with Gasteiger partial charge in [0.25, 0.3) is 0 Å². The molecule has 1 aromatic carbocycles. The van der Waals surface area contributed by atoms with Gasteiger partial charge in [0.2, 0.25) is 0 Å². The molecule has 0 aromatic heterocycles. The van der Waals surface area contributed by atoms with E-state index in [4.69, 9.17) is 0 Å². The van der Waals surface area contributed by atoms with Crippen LogP contribution in [0.2, 0.25) is 0 Å². The van der Waals surface area contributed by atoms with Gasteiger partial charge in [-0.25, -0.2) is 4.79 Å².